The van der Waals surface area contributed by atoms with Crippen molar-refractivity contribution in [3.63, 3.8) is 0 Å². The Balaban J connectivity index is 1.72. The van der Waals surface area contributed by atoms with Crippen molar-refractivity contribution < 1.29 is 22.8 Å². The molecule has 1 aliphatic rings. The fourth-order valence-electron chi connectivity index (χ4n) is 2.46. The Hall–Kier alpha value is -1.64. The van der Waals surface area contributed by atoms with Gasteiger partial charge in [0.25, 0.3) is 5.91 Å². The van der Waals surface area contributed by atoms with Crippen LogP contribution in [0, 0.1) is 0 Å². The summed E-state index contributed by atoms with van der Waals surface area (Å²) in [6, 6.07) is 6.37. The van der Waals surface area contributed by atoms with Gasteiger partial charge in [0.2, 0.25) is 10.0 Å². The van der Waals surface area contributed by atoms with Crippen LogP contribution in [0.15, 0.2) is 24.3 Å². The van der Waals surface area contributed by atoms with Gasteiger partial charge in [-0.1, -0.05) is 0 Å². The molecular formula is C15H24N3O4S+. The molecule has 1 heterocycles. The van der Waals surface area contributed by atoms with E-state index in [2.05, 4.69) is 10.0 Å². The van der Waals surface area contributed by atoms with Gasteiger partial charge in [0.1, 0.15) is 13.1 Å². The van der Waals surface area contributed by atoms with Crippen LogP contribution < -0.4 is 14.9 Å². The molecule has 1 amide bonds. The van der Waals surface area contributed by atoms with Crippen LogP contribution in [0.2, 0.25) is 0 Å². The quantitative estimate of drug-likeness (QED) is 0.560. The van der Waals surface area contributed by atoms with E-state index >= 15 is 0 Å². The molecule has 0 radical (unpaired) electrons. The second kappa shape index (κ2) is 8.28. The van der Waals surface area contributed by atoms with Crippen LogP contribution in [0.1, 0.15) is 16.8 Å². The normalized spacial score (nSPS) is 16.0. The minimum absolute atomic E-state index is 0.145. The molecule has 0 saturated carbocycles. The highest BCUT2D eigenvalue weighted by Gasteiger charge is 2.13. The van der Waals surface area contributed by atoms with E-state index in [1.54, 1.807) is 24.3 Å². The molecule has 3 N–H and O–H groups in total. The predicted molar refractivity (Wildman–Crippen MR) is 88.2 cm³/mol. The number of amides is 1. The zero-order chi connectivity index (χ0) is 16.7. The number of morpholine rings is 1. The van der Waals surface area contributed by atoms with Gasteiger partial charge in [-0.2, -0.15) is 0 Å². The summed E-state index contributed by atoms with van der Waals surface area (Å²) in [5, 5.41) is 2.88. The molecule has 0 aromatic heterocycles. The van der Waals surface area contributed by atoms with E-state index in [9.17, 15) is 13.2 Å². The van der Waals surface area contributed by atoms with Crippen molar-refractivity contribution in [2.24, 2.45) is 0 Å². The first kappa shape index (κ1) is 17.7. The van der Waals surface area contributed by atoms with Crippen molar-refractivity contribution in [2.45, 2.75) is 6.42 Å². The van der Waals surface area contributed by atoms with E-state index < -0.39 is 10.0 Å². The largest absolute Gasteiger partial charge is 0.370 e. The molecule has 1 aliphatic heterocycles. The average molecular weight is 342 g/mol. The summed E-state index contributed by atoms with van der Waals surface area (Å²) < 4.78 is 29.9. The predicted octanol–water partition coefficient (Wildman–Crippen LogP) is -0.907. The summed E-state index contributed by atoms with van der Waals surface area (Å²) in [7, 11) is -3.30. The molecule has 0 atom stereocenters. The van der Waals surface area contributed by atoms with Crippen molar-refractivity contribution in [3.8, 4) is 0 Å². The molecule has 7 nitrogen and oxygen atoms in total. The van der Waals surface area contributed by atoms with E-state index in [4.69, 9.17) is 4.74 Å². The van der Waals surface area contributed by atoms with E-state index in [1.165, 1.54) is 4.90 Å². The van der Waals surface area contributed by atoms with E-state index in [-0.39, 0.29) is 5.91 Å². The van der Waals surface area contributed by atoms with E-state index in [1.807, 2.05) is 0 Å². The SMILES string of the molecule is CS(=O)(=O)Nc1ccc(C(=O)NCCC[NH+]2CCOCC2)cc1. The molecular weight excluding hydrogens is 318 g/mol. The lowest BCUT2D eigenvalue weighted by molar-refractivity contribution is -0.908. The second-order valence-electron chi connectivity index (χ2n) is 5.67. The number of nitrogens with one attached hydrogen (secondary N) is 3. The lowest BCUT2D eigenvalue weighted by Crippen LogP contribution is -3.14. The Morgan fingerprint density at radius 2 is 1.87 bits per heavy atom. The third-order valence-electron chi connectivity index (χ3n) is 3.64. The van der Waals surface area contributed by atoms with Gasteiger partial charge >= 0.3 is 0 Å². The van der Waals surface area contributed by atoms with Gasteiger partial charge in [-0.25, -0.2) is 8.42 Å². The van der Waals surface area contributed by atoms with Gasteiger partial charge in [-0.3, -0.25) is 9.52 Å². The highest BCUT2D eigenvalue weighted by Crippen LogP contribution is 2.10. The first-order chi connectivity index (χ1) is 10.9. The Morgan fingerprint density at radius 3 is 2.48 bits per heavy atom. The summed E-state index contributed by atoms with van der Waals surface area (Å²) in [6.45, 7) is 5.35. The minimum Gasteiger partial charge on any atom is -0.370 e. The number of sulfonamides is 1. The van der Waals surface area contributed by atoms with Gasteiger partial charge in [0.05, 0.1) is 26.0 Å². The summed E-state index contributed by atoms with van der Waals surface area (Å²) in [4.78, 5) is 13.5. The number of quaternary nitrogens is 1. The molecule has 2 rings (SSSR count). The monoisotopic (exact) mass is 342 g/mol. The first-order valence-corrected chi connectivity index (χ1v) is 9.60. The Bertz CT molecular complexity index is 610. The maximum Gasteiger partial charge on any atom is 0.251 e. The molecule has 0 bridgehead atoms. The number of hydrogen-bond donors (Lipinski definition) is 3. The zero-order valence-electron chi connectivity index (χ0n) is 13.3. The Labute approximate surface area is 137 Å². The molecule has 1 fully saturated rings. The first-order valence-electron chi connectivity index (χ1n) is 7.71. The molecule has 0 unspecified atom stereocenters. The van der Waals surface area contributed by atoms with Crippen LogP contribution in [0.5, 0.6) is 0 Å². The van der Waals surface area contributed by atoms with E-state index in [0.29, 0.717) is 17.8 Å². The van der Waals surface area contributed by atoms with Crippen molar-refractivity contribution in [1.29, 1.82) is 0 Å². The molecule has 128 valence electrons. The summed E-state index contributed by atoms with van der Waals surface area (Å²) in [5.74, 6) is -0.145. The van der Waals surface area contributed by atoms with Crippen LogP contribution in [-0.4, -0.2) is 60.0 Å². The highest BCUT2D eigenvalue weighted by atomic mass is 32.2. The van der Waals surface area contributed by atoms with Crippen LogP contribution in [0.25, 0.3) is 0 Å². The number of rotatable bonds is 7. The van der Waals surface area contributed by atoms with Crippen molar-refractivity contribution in [3.05, 3.63) is 29.8 Å². The van der Waals surface area contributed by atoms with Crippen molar-refractivity contribution >= 4 is 21.6 Å². The maximum absolute atomic E-state index is 12.0. The van der Waals surface area contributed by atoms with E-state index in [0.717, 1.165) is 45.5 Å². The number of anilines is 1. The Morgan fingerprint density at radius 1 is 1.22 bits per heavy atom. The number of benzene rings is 1. The molecule has 23 heavy (non-hydrogen) atoms. The van der Waals surface area contributed by atoms with Gasteiger partial charge < -0.3 is 15.0 Å². The van der Waals surface area contributed by atoms with Crippen molar-refractivity contribution in [1.82, 2.24) is 5.32 Å². The third-order valence-corrected chi connectivity index (χ3v) is 4.25. The molecule has 0 aliphatic carbocycles. The molecule has 0 spiro atoms. The number of ether oxygens (including phenoxy) is 1. The zero-order valence-corrected chi connectivity index (χ0v) is 14.1. The molecule has 1 saturated heterocycles. The van der Waals surface area contributed by atoms with Crippen molar-refractivity contribution in [2.75, 3.05) is 50.4 Å². The number of carbonyl (C=O) groups excluding carboxylic acids is 1. The third kappa shape index (κ3) is 6.55. The summed E-state index contributed by atoms with van der Waals surface area (Å²) in [5.41, 5.74) is 0.961. The standard InChI is InChI=1S/C15H23N3O4S/c1-23(20,21)17-14-5-3-13(4-6-14)15(19)16-7-2-8-18-9-11-22-12-10-18/h3-6,17H,2,7-12H2,1H3,(H,16,19)/p+1. The van der Waals surface area contributed by atoms with Gasteiger partial charge in [-0.05, 0) is 24.3 Å². The van der Waals surface area contributed by atoms with Gasteiger partial charge in [-0.15, -0.1) is 0 Å². The van der Waals surface area contributed by atoms with Crippen LogP contribution in [-0.2, 0) is 14.8 Å². The van der Waals surface area contributed by atoms with Crippen LogP contribution in [0.4, 0.5) is 5.69 Å². The van der Waals surface area contributed by atoms with Gasteiger partial charge in [0.15, 0.2) is 0 Å². The fraction of sp³-hybridized carbons (Fsp3) is 0.533. The van der Waals surface area contributed by atoms with Gasteiger partial charge in [0, 0.05) is 24.2 Å². The lowest BCUT2D eigenvalue weighted by atomic mass is 10.2. The maximum atomic E-state index is 12.0. The number of hydrogen-bond acceptors (Lipinski definition) is 4. The summed E-state index contributed by atoms with van der Waals surface area (Å²) in [6.07, 6.45) is 2.01. The fourth-order valence-corrected chi connectivity index (χ4v) is 3.02. The second-order valence-corrected chi connectivity index (χ2v) is 7.42. The topological polar surface area (TPSA) is 88.9 Å². The van der Waals surface area contributed by atoms with Crippen LogP contribution >= 0.6 is 0 Å². The molecule has 1 aromatic carbocycles. The molecule has 8 heteroatoms. The average Bonchev–Trinajstić information content (AvgIpc) is 2.51. The lowest BCUT2D eigenvalue weighted by Gasteiger charge is -2.23. The Kier molecular flexibility index (Phi) is 6.37. The summed E-state index contributed by atoms with van der Waals surface area (Å²) >= 11 is 0. The number of carbonyl (C=O) groups is 1. The molecule has 1 aromatic rings. The van der Waals surface area contributed by atoms with Crippen LogP contribution in [0.3, 0.4) is 0 Å². The smallest absolute Gasteiger partial charge is 0.251 e. The minimum atomic E-state index is -3.30. The highest BCUT2D eigenvalue weighted by molar-refractivity contribution is 7.92.